The van der Waals surface area contributed by atoms with Crippen LogP contribution in [0.1, 0.15) is 164 Å². The van der Waals surface area contributed by atoms with Crippen molar-refractivity contribution in [2.45, 2.75) is 175 Å². The number of hydrogen-bond donors (Lipinski definition) is 2. The van der Waals surface area contributed by atoms with E-state index in [-0.39, 0.29) is 10.8 Å². The summed E-state index contributed by atoms with van der Waals surface area (Å²) in [7, 11) is 0. The zero-order chi connectivity index (χ0) is 36.5. The molecular weight excluding hydrogens is 641 g/mol. The summed E-state index contributed by atoms with van der Waals surface area (Å²) in [6, 6.07) is 3.74. The van der Waals surface area contributed by atoms with E-state index in [4.69, 9.17) is 0 Å². The highest BCUT2D eigenvalue weighted by molar-refractivity contribution is 8.00. The second kappa shape index (κ2) is 14.1. The van der Waals surface area contributed by atoms with Crippen molar-refractivity contribution in [2.24, 2.45) is 69.0 Å². The molecule has 0 aliphatic heterocycles. The third kappa shape index (κ3) is 6.50. The Kier molecular flexibility index (Phi) is 10.5. The Morgan fingerprint density at radius 3 is 2.37 bits per heavy atom. The van der Waals surface area contributed by atoms with Gasteiger partial charge in [0.25, 0.3) is 0 Å². The molecule has 4 fully saturated rings. The Morgan fingerprint density at radius 1 is 0.843 bits per heavy atom. The molecule has 0 saturated heterocycles. The summed E-state index contributed by atoms with van der Waals surface area (Å²) < 4.78 is 0. The maximum atomic E-state index is 11.9. The Bertz CT molecular complexity index is 1510. The predicted molar refractivity (Wildman–Crippen MR) is 217 cm³/mol. The van der Waals surface area contributed by atoms with Gasteiger partial charge in [-0.05, 0) is 177 Å². The minimum absolute atomic E-state index is 0.0903. The van der Waals surface area contributed by atoms with Gasteiger partial charge < -0.3 is 10.2 Å². The molecule has 1 aromatic carbocycles. The fraction of sp³-hybridized carbons (Fsp3) is 0.792. The molecule has 6 aliphatic rings. The number of phenols is 2. The third-order valence-corrected chi connectivity index (χ3v) is 19.2. The molecule has 12 atom stereocenters. The largest absolute Gasteiger partial charge is 0.508 e. The lowest BCUT2D eigenvalue weighted by Gasteiger charge is -2.58. The average Bonchev–Trinajstić information content (AvgIpc) is 3.43. The molecule has 2 nitrogen and oxygen atoms in total. The summed E-state index contributed by atoms with van der Waals surface area (Å²) in [5.41, 5.74) is 5.45. The van der Waals surface area contributed by atoms with E-state index in [1.165, 1.54) is 83.5 Å². The molecule has 0 bridgehead atoms. The molecule has 284 valence electrons. The molecule has 0 spiro atoms. The monoisotopic (exact) mass is 715 g/mol. The lowest BCUT2D eigenvalue weighted by atomic mass is 9.47. The van der Waals surface area contributed by atoms with E-state index in [1.807, 2.05) is 23.9 Å². The molecule has 51 heavy (non-hydrogen) atoms. The number of aromatic hydroxyl groups is 2. The van der Waals surface area contributed by atoms with Crippen molar-refractivity contribution in [3.63, 3.8) is 0 Å². The second-order valence-corrected chi connectivity index (χ2v) is 22.1. The first-order chi connectivity index (χ1) is 24.1. The standard InChI is InChI=1S/C48H74O2S/c1-30(2)12-10-13-31(3)39-18-19-40-38-17-16-35-27-37(21-24-46(35,7)41(38)22-25-47(39,40)8)51-42-28-36(49)26-34(44(42)50)29-48(9)33(5)20-23-45(6)32(4)14-11-15-43(45)48/h14,16,26,28,30-31,33,37-41,43,49-50H,10-13,15,17-25,27,29H2,1-9H3/t31-,33+,37?,38+,39-,40+,41+,43-,45-,46+,47-,48-/m1/s1. The Labute approximate surface area is 317 Å². The number of hydrogen-bond acceptors (Lipinski definition) is 3. The molecule has 4 saturated carbocycles. The van der Waals surface area contributed by atoms with Crippen LogP contribution >= 0.6 is 11.8 Å². The van der Waals surface area contributed by atoms with E-state index in [0.717, 1.165) is 65.2 Å². The Morgan fingerprint density at radius 2 is 1.61 bits per heavy atom. The summed E-state index contributed by atoms with van der Waals surface area (Å²) in [4.78, 5) is 0.898. The van der Waals surface area contributed by atoms with Crippen molar-refractivity contribution < 1.29 is 10.2 Å². The van der Waals surface area contributed by atoms with Crippen molar-refractivity contribution in [1.82, 2.24) is 0 Å². The highest BCUT2D eigenvalue weighted by Crippen LogP contribution is 2.68. The summed E-state index contributed by atoms with van der Waals surface area (Å²) in [6.07, 6.45) is 25.8. The number of fused-ring (bicyclic) bond motifs is 6. The summed E-state index contributed by atoms with van der Waals surface area (Å²) in [6.45, 7) is 22.5. The topological polar surface area (TPSA) is 40.5 Å². The predicted octanol–water partition coefficient (Wildman–Crippen LogP) is 13.9. The van der Waals surface area contributed by atoms with E-state index in [2.05, 4.69) is 74.5 Å². The van der Waals surface area contributed by atoms with E-state index in [1.54, 1.807) is 11.1 Å². The number of allylic oxidation sites excluding steroid dienone is 4. The lowest BCUT2D eigenvalue weighted by Crippen LogP contribution is -2.50. The first-order valence-corrected chi connectivity index (χ1v) is 22.6. The van der Waals surface area contributed by atoms with Gasteiger partial charge in [0.05, 0.1) is 4.90 Å². The van der Waals surface area contributed by atoms with E-state index in [9.17, 15) is 10.2 Å². The fourth-order valence-corrected chi connectivity index (χ4v) is 15.7. The van der Waals surface area contributed by atoms with Crippen LogP contribution in [0.2, 0.25) is 0 Å². The van der Waals surface area contributed by atoms with Crippen LogP contribution in [-0.2, 0) is 6.42 Å². The minimum atomic E-state index is 0.0903. The first-order valence-electron chi connectivity index (χ1n) is 21.7. The lowest BCUT2D eigenvalue weighted by molar-refractivity contribution is -0.0497. The number of thioether (sulfide) groups is 1. The smallest absolute Gasteiger partial charge is 0.132 e. The number of rotatable bonds is 9. The zero-order valence-corrected chi connectivity index (χ0v) is 34.9. The molecule has 0 amide bonds. The van der Waals surface area contributed by atoms with Gasteiger partial charge in [0.15, 0.2) is 0 Å². The third-order valence-electron chi connectivity index (χ3n) is 17.9. The SMILES string of the molecule is CC1=CCC[C@H]2[C@](C)(Cc3cc(O)cc(SC4CC[C@@]5(C)C(=CC[C@H]6[C@@H]7CC[C@H]([C@H](C)CCCC(C)C)[C@@]7(C)CC[C@@H]65)C4)c3O)[C@@H](C)CC[C@]12C. The van der Waals surface area contributed by atoms with Crippen LogP contribution in [0.3, 0.4) is 0 Å². The number of phenolic OH excluding ortho intramolecular Hbond substituents is 2. The summed E-state index contributed by atoms with van der Waals surface area (Å²) in [5, 5.41) is 23.4. The van der Waals surface area contributed by atoms with Crippen molar-refractivity contribution >= 4 is 11.8 Å². The molecule has 0 radical (unpaired) electrons. The van der Waals surface area contributed by atoms with Gasteiger partial charge in [-0.1, -0.05) is 98.0 Å². The van der Waals surface area contributed by atoms with Crippen molar-refractivity contribution in [1.29, 1.82) is 0 Å². The fourth-order valence-electron chi connectivity index (χ4n) is 14.4. The van der Waals surface area contributed by atoms with Gasteiger partial charge >= 0.3 is 0 Å². The van der Waals surface area contributed by atoms with Crippen molar-refractivity contribution in [2.75, 3.05) is 0 Å². The molecule has 3 heteroatoms. The van der Waals surface area contributed by atoms with Crippen LogP contribution in [0.25, 0.3) is 0 Å². The molecule has 1 unspecified atom stereocenters. The molecule has 7 rings (SSSR count). The van der Waals surface area contributed by atoms with Crippen molar-refractivity contribution in [3.05, 3.63) is 41.0 Å². The van der Waals surface area contributed by atoms with Crippen molar-refractivity contribution in [3.8, 4) is 11.5 Å². The van der Waals surface area contributed by atoms with Gasteiger partial charge in [-0.2, -0.15) is 0 Å². The van der Waals surface area contributed by atoms with Crippen LogP contribution in [0.15, 0.2) is 40.3 Å². The van der Waals surface area contributed by atoms with Crippen LogP contribution in [0.5, 0.6) is 11.5 Å². The molecule has 0 aromatic heterocycles. The molecule has 0 heterocycles. The maximum absolute atomic E-state index is 11.9. The number of benzene rings is 1. The Balaban J connectivity index is 1.05. The highest BCUT2D eigenvalue weighted by atomic mass is 32.2. The van der Waals surface area contributed by atoms with E-state index >= 15 is 0 Å². The summed E-state index contributed by atoms with van der Waals surface area (Å²) in [5.74, 6) is 7.14. The molecule has 1 aromatic rings. The van der Waals surface area contributed by atoms with Crippen LogP contribution in [0, 0.1) is 69.0 Å². The summed E-state index contributed by atoms with van der Waals surface area (Å²) >= 11 is 1.85. The maximum Gasteiger partial charge on any atom is 0.132 e. The van der Waals surface area contributed by atoms with Crippen LogP contribution < -0.4 is 0 Å². The minimum Gasteiger partial charge on any atom is -0.508 e. The van der Waals surface area contributed by atoms with E-state index in [0.29, 0.717) is 39.4 Å². The Hall–Kier alpha value is -1.35. The highest BCUT2D eigenvalue weighted by Gasteiger charge is 2.59. The second-order valence-electron chi connectivity index (χ2n) is 20.8. The molecule has 6 aliphatic carbocycles. The normalized spacial score (nSPS) is 42.7. The van der Waals surface area contributed by atoms with Crippen LogP contribution in [0.4, 0.5) is 0 Å². The van der Waals surface area contributed by atoms with Gasteiger partial charge in [-0.15, -0.1) is 11.8 Å². The van der Waals surface area contributed by atoms with E-state index < -0.39 is 0 Å². The average molecular weight is 715 g/mol. The van der Waals surface area contributed by atoms with Gasteiger partial charge in [0.1, 0.15) is 11.5 Å². The molecule has 2 N–H and O–H groups in total. The van der Waals surface area contributed by atoms with Crippen LogP contribution in [-0.4, -0.2) is 15.5 Å². The van der Waals surface area contributed by atoms with Gasteiger partial charge in [-0.25, -0.2) is 0 Å². The zero-order valence-electron chi connectivity index (χ0n) is 34.1. The van der Waals surface area contributed by atoms with Gasteiger partial charge in [-0.3, -0.25) is 0 Å². The molecular formula is C48H74O2S. The quantitative estimate of drug-likeness (QED) is 0.198. The first kappa shape index (κ1) is 37.9. The van der Waals surface area contributed by atoms with Gasteiger partial charge in [0, 0.05) is 5.25 Å². The van der Waals surface area contributed by atoms with Gasteiger partial charge in [0.2, 0.25) is 0 Å².